The molecule has 1 aliphatic heterocycles. The molecule has 2 heterocycles. The second kappa shape index (κ2) is 12.6. The third kappa shape index (κ3) is 8.24. The number of halogens is 4. The molecule has 6 nitrogen and oxygen atoms in total. The molecule has 0 bridgehead atoms. The van der Waals surface area contributed by atoms with E-state index in [9.17, 15) is 22.4 Å². The molecular weight excluding hydrogens is 406 g/mol. The molecule has 1 aromatic heterocycles. The normalized spacial score (nSPS) is 14.2. The van der Waals surface area contributed by atoms with Crippen molar-refractivity contribution in [2.75, 3.05) is 20.3 Å². The molecule has 0 saturated heterocycles. The molecule has 1 aromatic carbocycles. The number of ether oxygens (including phenoxy) is 2. The number of fused-ring (bicyclic) bond motifs is 1. The molecule has 0 fully saturated rings. The van der Waals surface area contributed by atoms with Crippen molar-refractivity contribution in [3.63, 3.8) is 0 Å². The fraction of sp³-hybridized carbons (Fsp3) is 0.400. The van der Waals surface area contributed by atoms with Crippen molar-refractivity contribution in [1.29, 1.82) is 0 Å². The summed E-state index contributed by atoms with van der Waals surface area (Å²) >= 11 is 0. The molecule has 0 radical (unpaired) electrons. The van der Waals surface area contributed by atoms with Crippen LogP contribution >= 0.6 is 0 Å². The van der Waals surface area contributed by atoms with Gasteiger partial charge in [0.25, 0.3) is 0 Å². The number of carbonyl (C=O) groups is 1. The van der Waals surface area contributed by atoms with Crippen molar-refractivity contribution in [3.05, 3.63) is 53.5 Å². The monoisotopic (exact) mass is 431 g/mol. The number of nitrogens with one attached hydrogen (secondary N) is 2. The summed E-state index contributed by atoms with van der Waals surface area (Å²) in [5, 5.41) is 5.43. The number of pyridine rings is 1. The maximum absolute atomic E-state index is 13.1. The van der Waals surface area contributed by atoms with Gasteiger partial charge in [0, 0.05) is 24.4 Å². The molecule has 1 unspecified atom stereocenters. The van der Waals surface area contributed by atoms with Crippen LogP contribution < -0.4 is 20.1 Å². The van der Waals surface area contributed by atoms with Crippen LogP contribution in [0.5, 0.6) is 11.6 Å². The van der Waals surface area contributed by atoms with Gasteiger partial charge in [0.15, 0.2) is 18.2 Å². The predicted octanol–water partition coefficient (Wildman–Crippen LogP) is 3.77. The van der Waals surface area contributed by atoms with Crippen LogP contribution in [0.2, 0.25) is 0 Å². The first-order chi connectivity index (χ1) is 14.3. The van der Waals surface area contributed by atoms with Crippen LogP contribution in [0.4, 0.5) is 17.6 Å². The van der Waals surface area contributed by atoms with Gasteiger partial charge in [0.05, 0.1) is 6.04 Å². The Labute approximate surface area is 172 Å². The summed E-state index contributed by atoms with van der Waals surface area (Å²) in [6.45, 7) is 3.54. The lowest BCUT2D eigenvalue weighted by Gasteiger charge is -2.08. The van der Waals surface area contributed by atoms with E-state index in [1.807, 2.05) is 13.8 Å². The van der Waals surface area contributed by atoms with Crippen molar-refractivity contribution >= 4 is 6.41 Å². The van der Waals surface area contributed by atoms with Crippen molar-refractivity contribution < 1.29 is 31.8 Å². The van der Waals surface area contributed by atoms with Crippen molar-refractivity contribution in [1.82, 2.24) is 15.6 Å². The minimum absolute atomic E-state index is 0.0138. The number of alkyl halides is 3. The van der Waals surface area contributed by atoms with E-state index in [-0.39, 0.29) is 23.5 Å². The van der Waals surface area contributed by atoms with Crippen molar-refractivity contribution in [2.45, 2.75) is 32.6 Å². The smallest absolute Gasteiger partial charge is 0.422 e. The molecule has 2 aromatic rings. The number of carbonyl (C=O) groups excluding carboxylic acids is 1. The van der Waals surface area contributed by atoms with E-state index in [0.717, 1.165) is 5.56 Å². The number of nitrogens with zero attached hydrogens (tertiary/aromatic N) is 1. The van der Waals surface area contributed by atoms with Crippen molar-refractivity contribution in [2.24, 2.45) is 0 Å². The molecule has 1 atom stereocenters. The molecular formula is C20H25F4N3O3. The minimum atomic E-state index is -4.33. The van der Waals surface area contributed by atoms with Crippen LogP contribution in [-0.2, 0) is 11.3 Å². The van der Waals surface area contributed by atoms with Gasteiger partial charge < -0.3 is 20.1 Å². The molecule has 30 heavy (non-hydrogen) atoms. The Kier molecular flexibility index (Phi) is 10.6. The summed E-state index contributed by atoms with van der Waals surface area (Å²) in [4.78, 5) is 13.9. The molecule has 10 heteroatoms. The van der Waals surface area contributed by atoms with E-state index in [4.69, 9.17) is 4.74 Å². The highest BCUT2D eigenvalue weighted by Gasteiger charge is 2.28. The van der Waals surface area contributed by atoms with Crippen LogP contribution in [0.1, 0.15) is 31.0 Å². The van der Waals surface area contributed by atoms with Crippen LogP contribution in [0.3, 0.4) is 0 Å². The fourth-order valence-electron chi connectivity index (χ4n) is 2.43. The Morgan fingerprint density at radius 2 is 2.03 bits per heavy atom. The number of hydrogen-bond acceptors (Lipinski definition) is 5. The third-order valence-electron chi connectivity index (χ3n) is 3.60. The Morgan fingerprint density at radius 1 is 1.30 bits per heavy atom. The Morgan fingerprint density at radius 3 is 2.67 bits per heavy atom. The summed E-state index contributed by atoms with van der Waals surface area (Å²) < 4.78 is 58.1. The number of aromatic nitrogens is 1. The number of amides is 1. The summed E-state index contributed by atoms with van der Waals surface area (Å²) in [6.07, 6.45) is -2.33. The Balaban J connectivity index is 0.000000279. The van der Waals surface area contributed by atoms with Gasteiger partial charge in [-0.1, -0.05) is 26.0 Å². The zero-order chi connectivity index (χ0) is 22.6. The van der Waals surface area contributed by atoms with Gasteiger partial charge in [-0.05, 0) is 24.7 Å². The summed E-state index contributed by atoms with van der Waals surface area (Å²) in [5.74, 6) is -0.144. The van der Waals surface area contributed by atoms with Gasteiger partial charge >= 0.3 is 6.18 Å². The highest BCUT2D eigenvalue weighted by molar-refractivity contribution is 5.50. The Hall–Kier alpha value is -2.88. The highest BCUT2D eigenvalue weighted by Crippen LogP contribution is 2.33. The first-order valence-electron chi connectivity index (χ1n) is 9.24. The molecule has 3 rings (SSSR count). The lowest BCUT2D eigenvalue weighted by molar-refractivity contribution is -0.154. The lowest BCUT2D eigenvalue weighted by atomic mass is 10.1. The maximum atomic E-state index is 13.1. The summed E-state index contributed by atoms with van der Waals surface area (Å²) in [5.41, 5.74) is 1.52. The maximum Gasteiger partial charge on any atom is 0.422 e. The van der Waals surface area contributed by atoms with Crippen LogP contribution in [0.25, 0.3) is 0 Å². The van der Waals surface area contributed by atoms with E-state index in [1.165, 1.54) is 18.3 Å². The van der Waals surface area contributed by atoms with E-state index in [1.54, 1.807) is 25.2 Å². The van der Waals surface area contributed by atoms with Gasteiger partial charge in [0.2, 0.25) is 12.3 Å². The molecule has 1 aliphatic rings. The summed E-state index contributed by atoms with van der Waals surface area (Å²) in [6, 6.07) is 7.64. The number of benzene rings is 1. The number of para-hydroxylation sites is 1. The first kappa shape index (κ1) is 25.2. The van der Waals surface area contributed by atoms with Gasteiger partial charge in [-0.2, -0.15) is 13.2 Å². The topological polar surface area (TPSA) is 72.5 Å². The number of rotatable bonds is 6. The standard InChI is InChI=1S/C9H11F3N2O.C9H8FNO2.C2H6/c1-13-5-7-2-3-14-8(4-7)15-6-9(10,11)12;10-7-3-1-2-6-8(11-5-12)4-13-9(6)7;1-2/h2-4,13H,5-6H2,1H3;1-3,5,8H,4H2,(H,11,12);1-2H3. The molecule has 0 saturated carbocycles. The SMILES string of the molecule is CC.CNCc1ccnc(OCC(F)(F)F)c1.O=CNC1COc2c(F)cccc21. The Bertz CT molecular complexity index is 788. The van der Waals surface area contributed by atoms with Gasteiger partial charge in [0.1, 0.15) is 6.61 Å². The molecule has 166 valence electrons. The second-order valence-electron chi connectivity index (χ2n) is 5.74. The molecule has 0 spiro atoms. The molecule has 2 N–H and O–H groups in total. The first-order valence-corrected chi connectivity index (χ1v) is 9.24. The van der Waals surface area contributed by atoms with Crippen LogP contribution in [0.15, 0.2) is 36.5 Å². The minimum Gasteiger partial charge on any atom is -0.488 e. The largest absolute Gasteiger partial charge is 0.488 e. The predicted molar refractivity (Wildman–Crippen MR) is 104 cm³/mol. The third-order valence-corrected chi connectivity index (χ3v) is 3.60. The van der Waals surface area contributed by atoms with E-state index in [0.29, 0.717) is 25.1 Å². The van der Waals surface area contributed by atoms with Crippen molar-refractivity contribution in [3.8, 4) is 11.6 Å². The van der Waals surface area contributed by atoms with Crippen LogP contribution in [-0.4, -0.2) is 37.8 Å². The molecule has 0 aliphatic carbocycles. The second-order valence-corrected chi connectivity index (χ2v) is 5.74. The van der Waals surface area contributed by atoms with Crippen LogP contribution in [0, 0.1) is 5.82 Å². The zero-order valence-electron chi connectivity index (χ0n) is 16.9. The van der Waals surface area contributed by atoms with E-state index < -0.39 is 12.8 Å². The lowest BCUT2D eigenvalue weighted by Crippen LogP contribution is -2.20. The van der Waals surface area contributed by atoms with Gasteiger partial charge in [-0.15, -0.1) is 0 Å². The quantitative estimate of drug-likeness (QED) is 0.538. The highest BCUT2D eigenvalue weighted by atomic mass is 19.4. The number of hydrogen-bond donors (Lipinski definition) is 2. The molecule has 1 amide bonds. The zero-order valence-corrected chi connectivity index (χ0v) is 16.9. The fourth-order valence-corrected chi connectivity index (χ4v) is 2.43. The average Bonchev–Trinajstić information content (AvgIpc) is 3.13. The average molecular weight is 431 g/mol. The van der Waals surface area contributed by atoms with Gasteiger partial charge in [-0.25, -0.2) is 9.37 Å². The summed E-state index contributed by atoms with van der Waals surface area (Å²) in [7, 11) is 1.75. The van der Waals surface area contributed by atoms with E-state index >= 15 is 0 Å². The van der Waals surface area contributed by atoms with E-state index in [2.05, 4.69) is 20.4 Å². The van der Waals surface area contributed by atoms with Gasteiger partial charge in [-0.3, -0.25) is 4.79 Å².